The quantitative estimate of drug-likeness (QED) is 0.502. The fourth-order valence-corrected chi connectivity index (χ4v) is 3.71. The Kier molecular flexibility index (Phi) is 7.93. The van der Waals surface area contributed by atoms with Crippen molar-refractivity contribution in [2.75, 3.05) is 39.8 Å². The minimum absolute atomic E-state index is 0.285. The van der Waals surface area contributed by atoms with E-state index in [4.69, 9.17) is 9.73 Å². The van der Waals surface area contributed by atoms with Crippen molar-refractivity contribution in [3.05, 3.63) is 47.8 Å². The summed E-state index contributed by atoms with van der Waals surface area (Å²) < 4.78 is 7.27. The summed E-state index contributed by atoms with van der Waals surface area (Å²) in [6, 6.07) is 8.69. The van der Waals surface area contributed by atoms with Crippen LogP contribution in [0.3, 0.4) is 0 Å². The van der Waals surface area contributed by atoms with Crippen LogP contribution in [-0.2, 0) is 6.54 Å². The minimum atomic E-state index is 0.285. The number of nitrogens with zero attached hydrogens (tertiary/aromatic N) is 4. The zero-order valence-corrected chi connectivity index (χ0v) is 17.9. The maximum absolute atomic E-state index is 5.32. The Morgan fingerprint density at radius 3 is 2.59 bits per heavy atom. The molecule has 7 nitrogen and oxygen atoms in total. The Morgan fingerprint density at radius 2 is 1.97 bits per heavy atom. The second-order valence-electron chi connectivity index (χ2n) is 7.46. The lowest BCUT2D eigenvalue weighted by atomic mass is 10.1. The van der Waals surface area contributed by atoms with Gasteiger partial charge in [-0.25, -0.2) is 0 Å². The molecule has 29 heavy (non-hydrogen) atoms. The number of benzene rings is 1. The monoisotopic (exact) mass is 398 g/mol. The first-order valence-corrected chi connectivity index (χ1v) is 10.6. The van der Waals surface area contributed by atoms with Gasteiger partial charge in [0.2, 0.25) is 0 Å². The smallest absolute Gasteiger partial charge is 0.191 e. The highest BCUT2D eigenvalue weighted by Gasteiger charge is 2.23. The third-order valence-electron chi connectivity index (χ3n) is 5.24. The van der Waals surface area contributed by atoms with Gasteiger partial charge in [-0.05, 0) is 63.0 Å². The van der Waals surface area contributed by atoms with Gasteiger partial charge in [0.15, 0.2) is 5.96 Å². The van der Waals surface area contributed by atoms with Gasteiger partial charge in [-0.1, -0.05) is 12.1 Å². The zero-order valence-electron chi connectivity index (χ0n) is 17.9. The molecule has 0 saturated carbocycles. The number of aliphatic imine (C=N–C) groups is 1. The first-order valence-electron chi connectivity index (χ1n) is 10.6. The Bertz CT molecular complexity index is 764. The van der Waals surface area contributed by atoms with Gasteiger partial charge < -0.3 is 15.4 Å². The molecule has 2 N–H and O–H groups in total. The van der Waals surface area contributed by atoms with Gasteiger partial charge in [0.25, 0.3) is 0 Å². The molecular weight excluding hydrogens is 364 g/mol. The van der Waals surface area contributed by atoms with Crippen molar-refractivity contribution in [3.63, 3.8) is 0 Å². The van der Waals surface area contributed by atoms with E-state index in [1.165, 1.54) is 24.0 Å². The summed E-state index contributed by atoms with van der Waals surface area (Å²) in [5.74, 6) is 1.75. The lowest BCUT2D eigenvalue weighted by Gasteiger charge is -2.27. The van der Waals surface area contributed by atoms with Crippen molar-refractivity contribution in [3.8, 4) is 5.75 Å². The topological polar surface area (TPSA) is 66.7 Å². The van der Waals surface area contributed by atoms with Gasteiger partial charge in [0, 0.05) is 19.3 Å². The molecule has 0 spiro atoms. The molecule has 1 aromatic heterocycles. The van der Waals surface area contributed by atoms with Crippen molar-refractivity contribution in [2.45, 2.75) is 39.3 Å². The standard InChI is InChI=1S/C22H34N6O/c1-4-23-22(24-11-14-28-17-18(2)15-26-28)25-16-21(27-12-5-6-13-27)19-7-9-20(29-3)10-8-19/h7-10,15,17,21H,4-6,11-14,16H2,1-3H3,(H2,23,24,25). The summed E-state index contributed by atoms with van der Waals surface area (Å²) in [5, 5.41) is 11.1. The van der Waals surface area contributed by atoms with Crippen LogP contribution < -0.4 is 15.4 Å². The van der Waals surface area contributed by atoms with Crippen molar-refractivity contribution >= 4 is 5.96 Å². The van der Waals surface area contributed by atoms with E-state index in [9.17, 15) is 0 Å². The van der Waals surface area contributed by atoms with Crippen molar-refractivity contribution < 1.29 is 4.74 Å². The molecule has 1 fully saturated rings. The summed E-state index contributed by atoms with van der Waals surface area (Å²) >= 11 is 0. The molecule has 0 radical (unpaired) electrons. The van der Waals surface area contributed by atoms with Crippen molar-refractivity contribution in [1.29, 1.82) is 0 Å². The lowest BCUT2D eigenvalue weighted by Crippen LogP contribution is -2.39. The highest BCUT2D eigenvalue weighted by molar-refractivity contribution is 5.79. The SMILES string of the molecule is CCNC(=NCC(c1ccc(OC)cc1)N1CCCC1)NCCn1cc(C)cn1. The van der Waals surface area contributed by atoms with Gasteiger partial charge in [-0.15, -0.1) is 0 Å². The lowest BCUT2D eigenvalue weighted by molar-refractivity contribution is 0.251. The number of aromatic nitrogens is 2. The number of hydrogen-bond donors (Lipinski definition) is 2. The van der Waals surface area contributed by atoms with Crippen LogP contribution in [0.15, 0.2) is 41.7 Å². The fourth-order valence-electron chi connectivity index (χ4n) is 3.71. The highest BCUT2D eigenvalue weighted by atomic mass is 16.5. The average Bonchev–Trinajstić information content (AvgIpc) is 3.41. The number of methoxy groups -OCH3 is 1. The van der Waals surface area contributed by atoms with Crippen LogP contribution in [-0.4, -0.2) is 60.5 Å². The molecular formula is C22H34N6O. The second kappa shape index (κ2) is 10.9. The Balaban J connectivity index is 1.64. The number of guanidine groups is 1. The average molecular weight is 399 g/mol. The van der Waals surface area contributed by atoms with E-state index in [-0.39, 0.29) is 6.04 Å². The third kappa shape index (κ3) is 6.22. The van der Waals surface area contributed by atoms with Gasteiger partial charge in [-0.3, -0.25) is 14.6 Å². The molecule has 3 rings (SSSR count). The molecule has 1 saturated heterocycles. The van der Waals surface area contributed by atoms with Gasteiger partial charge >= 0.3 is 0 Å². The summed E-state index contributed by atoms with van der Waals surface area (Å²) in [6.07, 6.45) is 6.46. The predicted octanol–water partition coefficient (Wildman–Crippen LogP) is 2.59. The number of likely N-dealkylation sites (tertiary alicyclic amines) is 1. The Morgan fingerprint density at radius 1 is 1.21 bits per heavy atom. The summed E-state index contributed by atoms with van der Waals surface area (Å²) in [6.45, 7) is 9.57. The van der Waals surface area contributed by atoms with Crippen LogP contribution in [0.2, 0.25) is 0 Å². The van der Waals surface area contributed by atoms with Crippen LogP contribution in [0.4, 0.5) is 0 Å². The van der Waals surface area contributed by atoms with Gasteiger partial charge in [-0.2, -0.15) is 5.10 Å². The van der Waals surface area contributed by atoms with E-state index in [0.29, 0.717) is 0 Å². The van der Waals surface area contributed by atoms with E-state index in [2.05, 4.69) is 52.8 Å². The summed E-state index contributed by atoms with van der Waals surface area (Å²) in [7, 11) is 1.70. The zero-order chi connectivity index (χ0) is 20.5. The van der Waals surface area contributed by atoms with E-state index in [1.54, 1.807) is 7.11 Å². The number of rotatable bonds is 9. The van der Waals surface area contributed by atoms with Crippen LogP contribution in [0.25, 0.3) is 0 Å². The first-order chi connectivity index (χ1) is 14.2. The molecule has 2 heterocycles. The number of hydrogen-bond acceptors (Lipinski definition) is 4. The van der Waals surface area contributed by atoms with Crippen molar-refractivity contribution in [2.24, 2.45) is 4.99 Å². The number of nitrogens with one attached hydrogen (secondary N) is 2. The Hall–Kier alpha value is -2.54. The predicted molar refractivity (Wildman–Crippen MR) is 117 cm³/mol. The maximum atomic E-state index is 5.32. The van der Waals surface area contributed by atoms with Crippen LogP contribution in [0, 0.1) is 6.92 Å². The van der Waals surface area contributed by atoms with E-state index < -0.39 is 0 Å². The number of ether oxygens (including phenoxy) is 1. The molecule has 0 bridgehead atoms. The second-order valence-corrected chi connectivity index (χ2v) is 7.46. The molecule has 1 aliphatic rings. The van der Waals surface area contributed by atoms with Gasteiger partial charge in [0.05, 0.1) is 32.4 Å². The third-order valence-corrected chi connectivity index (χ3v) is 5.24. The molecule has 1 atom stereocenters. The van der Waals surface area contributed by atoms with E-state index >= 15 is 0 Å². The van der Waals surface area contributed by atoms with Crippen LogP contribution in [0.1, 0.15) is 36.9 Å². The van der Waals surface area contributed by atoms with E-state index in [1.807, 2.05) is 23.0 Å². The normalized spacial score (nSPS) is 16.0. The molecule has 0 aliphatic carbocycles. The minimum Gasteiger partial charge on any atom is -0.497 e. The summed E-state index contributed by atoms with van der Waals surface area (Å²) in [5.41, 5.74) is 2.47. The van der Waals surface area contributed by atoms with Crippen molar-refractivity contribution in [1.82, 2.24) is 25.3 Å². The maximum Gasteiger partial charge on any atom is 0.191 e. The highest BCUT2D eigenvalue weighted by Crippen LogP contribution is 2.27. The Labute approximate surface area is 174 Å². The molecule has 158 valence electrons. The van der Waals surface area contributed by atoms with Crippen LogP contribution in [0.5, 0.6) is 5.75 Å². The molecule has 1 unspecified atom stereocenters. The first kappa shape index (κ1) is 21.2. The molecule has 7 heteroatoms. The number of aryl methyl sites for hydroxylation is 1. The fraction of sp³-hybridized carbons (Fsp3) is 0.545. The molecule has 1 aromatic carbocycles. The molecule has 0 amide bonds. The largest absolute Gasteiger partial charge is 0.497 e. The summed E-state index contributed by atoms with van der Waals surface area (Å²) in [4.78, 5) is 7.45. The molecule has 1 aliphatic heterocycles. The van der Waals surface area contributed by atoms with Gasteiger partial charge in [0.1, 0.15) is 5.75 Å². The van der Waals surface area contributed by atoms with Crippen LogP contribution >= 0.6 is 0 Å². The molecule has 2 aromatic rings. The van der Waals surface area contributed by atoms with E-state index in [0.717, 1.165) is 51.0 Å².